The van der Waals surface area contributed by atoms with Crippen molar-refractivity contribution in [1.82, 2.24) is 14.8 Å². The van der Waals surface area contributed by atoms with E-state index >= 15 is 0 Å². The largest absolute Gasteiger partial charge is 0.366 e. The molecular formula is C10H10N4O. The van der Waals surface area contributed by atoms with Crippen molar-refractivity contribution in [3.05, 3.63) is 36.3 Å². The van der Waals surface area contributed by atoms with Gasteiger partial charge >= 0.3 is 0 Å². The van der Waals surface area contributed by atoms with Crippen LogP contribution in [0.4, 0.5) is 0 Å². The molecule has 0 aromatic carbocycles. The van der Waals surface area contributed by atoms with Crippen LogP contribution in [0.25, 0.3) is 11.3 Å². The van der Waals surface area contributed by atoms with Crippen molar-refractivity contribution in [1.29, 1.82) is 0 Å². The number of carbonyl (C=O) groups excluding carboxylic acids is 1. The normalized spacial score (nSPS) is 10.2. The van der Waals surface area contributed by atoms with E-state index in [4.69, 9.17) is 5.73 Å². The third-order valence-electron chi connectivity index (χ3n) is 2.14. The van der Waals surface area contributed by atoms with Crippen molar-refractivity contribution in [3.63, 3.8) is 0 Å². The van der Waals surface area contributed by atoms with Gasteiger partial charge in [0, 0.05) is 31.2 Å². The first-order valence-corrected chi connectivity index (χ1v) is 4.41. The Bertz CT molecular complexity index is 504. The fourth-order valence-corrected chi connectivity index (χ4v) is 1.37. The highest BCUT2D eigenvalue weighted by atomic mass is 16.1. The van der Waals surface area contributed by atoms with Gasteiger partial charge in [-0.2, -0.15) is 5.10 Å². The molecule has 5 nitrogen and oxygen atoms in total. The highest BCUT2D eigenvalue weighted by molar-refractivity contribution is 5.93. The van der Waals surface area contributed by atoms with Crippen LogP contribution in [0.3, 0.4) is 0 Å². The molecule has 0 aliphatic carbocycles. The number of amides is 1. The predicted octanol–water partition coefficient (Wildman–Crippen LogP) is 0.581. The number of primary amides is 1. The number of carbonyl (C=O) groups is 1. The number of nitrogens with zero attached hydrogens (tertiary/aromatic N) is 3. The summed E-state index contributed by atoms with van der Waals surface area (Å²) >= 11 is 0. The van der Waals surface area contributed by atoms with Gasteiger partial charge in [0.2, 0.25) is 5.91 Å². The minimum atomic E-state index is -0.480. The molecule has 76 valence electrons. The summed E-state index contributed by atoms with van der Waals surface area (Å²) in [6.45, 7) is 0. The Labute approximate surface area is 86.5 Å². The quantitative estimate of drug-likeness (QED) is 0.774. The van der Waals surface area contributed by atoms with Crippen molar-refractivity contribution >= 4 is 5.91 Å². The molecule has 0 fully saturated rings. The van der Waals surface area contributed by atoms with E-state index in [0.717, 1.165) is 11.3 Å². The van der Waals surface area contributed by atoms with Crippen LogP contribution in [0, 0.1) is 0 Å². The van der Waals surface area contributed by atoms with Gasteiger partial charge in [-0.15, -0.1) is 0 Å². The maximum absolute atomic E-state index is 11.0. The average Bonchev–Trinajstić information content (AvgIpc) is 2.64. The summed E-state index contributed by atoms with van der Waals surface area (Å²) in [7, 11) is 1.83. The highest BCUT2D eigenvalue weighted by Crippen LogP contribution is 2.17. The van der Waals surface area contributed by atoms with E-state index in [0.29, 0.717) is 5.56 Å². The summed E-state index contributed by atoms with van der Waals surface area (Å²) in [6.07, 6.45) is 4.80. The summed E-state index contributed by atoms with van der Waals surface area (Å²) in [4.78, 5) is 14.9. The monoisotopic (exact) mass is 202 g/mol. The molecule has 0 aliphatic rings. The van der Waals surface area contributed by atoms with Gasteiger partial charge in [0.05, 0.1) is 11.3 Å². The molecule has 2 aromatic heterocycles. The molecule has 2 rings (SSSR count). The van der Waals surface area contributed by atoms with Gasteiger partial charge in [0.15, 0.2) is 0 Å². The standard InChI is InChI=1S/C10H10N4O/c1-14-9(2-3-13-14)7-4-8(10(11)15)6-12-5-7/h2-6H,1H3,(H2,11,15). The van der Waals surface area contributed by atoms with Gasteiger partial charge < -0.3 is 5.73 Å². The summed E-state index contributed by atoms with van der Waals surface area (Å²) in [6, 6.07) is 3.55. The number of aryl methyl sites for hydroxylation is 1. The third-order valence-corrected chi connectivity index (χ3v) is 2.14. The lowest BCUT2D eigenvalue weighted by atomic mass is 10.1. The second-order valence-electron chi connectivity index (χ2n) is 3.17. The van der Waals surface area contributed by atoms with Gasteiger partial charge in [-0.1, -0.05) is 0 Å². The molecule has 1 amide bonds. The Morgan fingerprint density at radius 2 is 2.27 bits per heavy atom. The Morgan fingerprint density at radius 3 is 2.87 bits per heavy atom. The Kier molecular flexibility index (Phi) is 2.21. The minimum absolute atomic E-state index is 0.397. The fraction of sp³-hybridized carbons (Fsp3) is 0.100. The van der Waals surface area contributed by atoms with E-state index in [1.54, 1.807) is 23.1 Å². The Hall–Kier alpha value is -2.17. The van der Waals surface area contributed by atoms with Crippen LogP contribution in [-0.4, -0.2) is 20.7 Å². The Morgan fingerprint density at radius 1 is 1.47 bits per heavy atom. The van der Waals surface area contributed by atoms with Crippen molar-refractivity contribution in [2.24, 2.45) is 12.8 Å². The summed E-state index contributed by atoms with van der Waals surface area (Å²) in [5.41, 5.74) is 7.29. The molecule has 0 saturated heterocycles. The summed E-state index contributed by atoms with van der Waals surface area (Å²) < 4.78 is 1.71. The van der Waals surface area contributed by atoms with Crippen LogP contribution >= 0.6 is 0 Å². The van der Waals surface area contributed by atoms with Crippen molar-refractivity contribution < 1.29 is 4.79 Å². The molecule has 0 saturated carbocycles. The molecule has 0 aliphatic heterocycles. The number of hydrogen-bond donors (Lipinski definition) is 1. The molecular weight excluding hydrogens is 192 g/mol. The molecule has 0 unspecified atom stereocenters. The van der Waals surface area contributed by atoms with Gasteiger partial charge in [-0.25, -0.2) is 0 Å². The van der Waals surface area contributed by atoms with Gasteiger partial charge in [0.1, 0.15) is 0 Å². The van der Waals surface area contributed by atoms with Crippen LogP contribution in [0.5, 0.6) is 0 Å². The summed E-state index contributed by atoms with van der Waals surface area (Å²) in [5.74, 6) is -0.480. The van der Waals surface area contributed by atoms with Crippen LogP contribution < -0.4 is 5.73 Å². The van der Waals surface area contributed by atoms with Crippen molar-refractivity contribution in [3.8, 4) is 11.3 Å². The number of hydrogen-bond acceptors (Lipinski definition) is 3. The SMILES string of the molecule is Cn1nccc1-c1cncc(C(N)=O)c1. The molecule has 2 aromatic rings. The fourth-order valence-electron chi connectivity index (χ4n) is 1.37. The lowest BCUT2D eigenvalue weighted by Crippen LogP contribution is -2.11. The molecule has 5 heteroatoms. The molecule has 2 N–H and O–H groups in total. The van der Waals surface area contributed by atoms with E-state index < -0.39 is 5.91 Å². The molecule has 2 heterocycles. The molecule has 15 heavy (non-hydrogen) atoms. The van der Waals surface area contributed by atoms with E-state index in [1.807, 2.05) is 13.1 Å². The first-order chi connectivity index (χ1) is 7.18. The first kappa shape index (κ1) is 9.39. The summed E-state index contributed by atoms with van der Waals surface area (Å²) in [5, 5.41) is 4.04. The predicted molar refractivity (Wildman–Crippen MR) is 55.0 cm³/mol. The van der Waals surface area contributed by atoms with E-state index in [9.17, 15) is 4.79 Å². The van der Waals surface area contributed by atoms with Crippen LogP contribution in [0.2, 0.25) is 0 Å². The molecule has 0 spiro atoms. The van der Waals surface area contributed by atoms with Crippen molar-refractivity contribution in [2.75, 3.05) is 0 Å². The number of nitrogens with two attached hydrogens (primary N) is 1. The topological polar surface area (TPSA) is 73.8 Å². The zero-order valence-electron chi connectivity index (χ0n) is 8.21. The zero-order valence-corrected chi connectivity index (χ0v) is 8.21. The van der Waals surface area contributed by atoms with Gasteiger partial charge in [-0.3, -0.25) is 14.5 Å². The van der Waals surface area contributed by atoms with Crippen molar-refractivity contribution in [2.45, 2.75) is 0 Å². The van der Waals surface area contributed by atoms with Gasteiger partial charge in [-0.05, 0) is 12.1 Å². The van der Waals surface area contributed by atoms with Gasteiger partial charge in [0.25, 0.3) is 0 Å². The maximum Gasteiger partial charge on any atom is 0.250 e. The molecule has 0 radical (unpaired) electrons. The second-order valence-corrected chi connectivity index (χ2v) is 3.17. The van der Waals surface area contributed by atoms with E-state index in [1.165, 1.54) is 6.20 Å². The average molecular weight is 202 g/mol. The van der Waals surface area contributed by atoms with E-state index in [-0.39, 0.29) is 0 Å². The second kappa shape index (κ2) is 3.53. The first-order valence-electron chi connectivity index (χ1n) is 4.41. The Balaban J connectivity index is 2.50. The van der Waals surface area contributed by atoms with Crippen LogP contribution in [0.1, 0.15) is 10.4 Å². The number of rotatable bonds is 2. The molecule has 0 atom stereocenters. The lowest BCUT2D eigenvalue weighted by Gasteiger charge is -2.02. The molecule has 0 bridgehead atoms. The number of aromatic nitrogens is 3. The van der Waals surface area contributed by atoms with E-state index in [2.05, 4.69) is 10.1 Å². The zero-order chi connectivity index (χ0) is 10.8. The lowest BCUT2D eigenvalue weighted by molar-refractivity contribution is 0.1000. The number of pyridine rings is 1. The highest BCUT2D eigenvalue weighted by Gasteiger charge is 2.06. The minimum Gasteiger partial charge on any atom is -0.366 e. The van der Waals surface area contributed by atoms with Crippen LogP contribution in [0.15, 0.2) is 30.7 Å². The maximum atomic E-state index is 11.0. The third kappa shape index (κ3) is 1.71. The smallest absolute Gasteiger partial charge is 0.250 e. The van der Waals surface area contributed by atoms with Crippen LogP contribution in [-0.2, 0) is 7.05 Å².